The van der Waals surface area contributed by atoms with Gasteiger partial charge in [-0.05, 0) is 25.5 Å². The number of pyridine rings is 1. The van der Waals surface area contributed by atoms with Gasteiger partial charge < -0.3 is 4.90 Å². The number of anilines is 1. The van der Waals surface area contributed by atoms with E-state index in [4.69, 9.17) is 0 Å². The van der Waals surface area contributed by atoms with Crippen molar-refractivity contribution < 1.29 is 26.3 Å². The van der Waals surface area contributed by atoms with E-state index in [9.17, 15) is 26.3 Å². The summed E-state index contributed by atoms with van der Waals surface area (Å²) in [7, 11) is 0. The first-order valence-electron chi connectivity index (χ1n) is 8.56. The zero-order valence-corrected chi connectivity index (χ0v) is 15.2. The van der Waals surface area contributed by atoms with Crippen LogP contribution in [0.25, 0.3) is 5.65 Å². The van der Waals surface area contributed by atoms with Gasteiger partial charge in [-0.1, -0.05) is 0 Å². The third kappa shape index (κ3) is 3.25. The molecule has 12 heteroatoms. The Balaban J connectivity index is 1.79. The maximum absolute atomic E-state index is 13.2. The average molecular weight is 416 g/mol. The van der Waals surface area contributed by atoms with Crippen molar-refractivity contribution in [3.63, 3.8) is 0 Å². The molecule has 154 valence electrons. The summed E-state index contributed by atoms with van der Waals surface area (Å²) in [5, 5.41) is 10.9. The molecule has 6 nitrogen and oxygen atoms in total. The zero-order valence-electron chi connectivity index (χ0n) is 15.2. The molecule has 3 aromatic rings. The normalized spacial score (nSPS) is 15.1. The van der Waals surface area contributed by atoms with Crippen LogP contribution in [0.3, 0.4) is 0 Å². The van der Waals surface area contributed by atoms with Gasteiger partial charge in [0.2, 0.25) is 0 Å². The molecule has 4 heterocycles. The van der Waals surface area contributed by atoms with Crippen molar-refractivity contribution in [2.24, 2.45) is 0 Å². The molecule has 1 aliphatic heterocycles. The Morgan fingerprint density at radius 2 is 1.69 bits per heavy atom. The minimum absolute atomic E-state index is 0.0167. The van der Waals surface area contributed by atoms with Gasteiger partial charge in [-0.2, -0.15) is 30.9 Å². The van der Waals surface area contributed by atoms with Crippen molar-refractivity contribution in [2.45, 2.75) is 39.2 Å². The summed E-state index contributed by atoms with van der Waals surface area (Å²) in [6.45, 7) is 3.69. The second-order valence-electron chi connectivity index (χ2n) is 6.83. The van der Waals surface area contributed by atoms with Crippen LogP contribution >= 0.6 is 0 Å². The minimum Gasteiger partial charge on any atom is -0.350 e. The highest BCUT2D eigenvalue weighted by Crippen LogP contribution is 2.34. The van der Waals surface area contributed by atoms with Gasteiger partial charge in [-0.15, -0.1) is 15.3 Å². The molecule has 0 unspecified atom stereocenters. The van der Waals surface area contributed by atoms with E-state index in [-0.39, 0.29) is 18.0 Å². The SMILES string of the molecule is Cc1c(N2CCc3ncc(C(F)(F)F)cc3C2)nn2c(C(F)(F)F)nnc2c1C. The fourth-order valence-electron chi connectivity index (χ4n) is 3.35. The molecular weight excluding hydrogens is 402 g/mol. The number of halogens is 6. The molecule has 0 atom stereocenters. The molecule has 0 aromatic carbocycles. The summed E-state index contributed by atoms with van der Waals surface area (Å²) >= 11 is 0. The number of hydrogen-bond acceptors (Lipinski definition) is 5. The topological polar surface area (TPSA) is 59.2 Å². The second-order valence-corrected chi connectivity index (χ2v) is 6.83. The Labute approximate surface area is 160 Å². The lowest BCUT2D eigenvalue weighted by atomic mass is 10.0. The predicted octanol–water partition coefficient (Wildman–Crippen LogP) is 3.74. The van der Waals surface area contributed by atoms with Crippen LogP contribution in [0, 0.1) is 13.8 Å². The van der Waals surface area contributed by atoms with E-state index < -0.39 is 23.7 Å². The van der Waals surface area contributed by atoms with Crippen molar-refractivity contribution in [2.75, 3.05) is 11.4 Å². The molecule has 0 aliphatic carbocycles. The van der Waals surface area contributed by atoms with Gasteiger partial charge >= 0.3 is 12.4 Å². The van der Waals surface area contributed by atoms with Crippen molar-refractivity contribution in [1.82, 2.24) is 24.8 Å². The fourth-order valence-corrected chi connectivity index (χ4v) is 3.35. The Hall–Kier alpha value is -2.92. The molecule has 0 fully saturated rings. The summed E-state index contributed by atoms with van der Waals surface area (Å²) in [4.78, 5) is 5.55. The summed E-state index contributed by atoms with van der Waals surface area (Å²) in [6, 6.07) is 1.02. The third-order valence-corrected chi connectivity index (χ3v) is 4.99. The highest BCUT2D eigenvalue weighted by atomic mass is 19.4. The largest absolute Gasteiger partial charge is 0.453 e. The van der Waals surface area contributed by atoms with E-state index in [1.807, 2.05) is 0 Å². The van der Waals surface area contributed by atoms with E-state index in [2.05, 4.69) is 20.3 Å². The van der Waals surface area contributed by atoms with Gasteiger partial charge in [0.15, 0.2) is 11.5 Å². The van der Waals surface area contributed by atoms with Crippen LogP contribution in [-0.2, 0) is 25.3 Å². The van der Waals surface area contributed by atoms with Crippen LogP contribution in [0.4, 0.5) is 32.2 Å². The van der Waals surface area contributed by atoms with E-state index >= 15 is 0 Å². The number of fused-ring (bicyclic) bond motifs is 2. The third-order valence-electron chi connectivity index (χ3n) is 4.99. The number of rotatable bonds is 1. The number of nitrogens with zero attached hydrogens (tertiary/aromatic N) is 6. The molecule has 0 saturated heterocycles. The summed E-state index contributed by atoms with van der Waals surface area (Å²) in [6.07, 6.45) is -8.13. The van der Waals surface area contributed by atoms with E-state index in [0.717, 1.165) is 12.3 Å². The van der Waals surface area contributed by atoms with Crippen molar-refractivity contribution in [3.8, 4) is 0 Å². The molecule has 0 spiro atoms. The number of hydrogen-bond donors (Lipinski definition) is 0. The molecule has 0 amide bonds. The Kier molecular flexibility index (Phi) is 4.21. The van der Waals surface area contributed by atoms with E-state index in [0.29, 0.717) is 39.9 Å². The Bertz CT molecular complexity index is 1100. The second kappa shape index (κ2) is 6.29. The van der Waals surface area contributed by atoms with E-state index in [1.54, 1.807) is 18.7 Å². The lowest BCUT2D eigenvalue weighted by molar-refractivity contribution is -0.146. The summed E-state index contributed by atoms with van der Waals surface area (Å²) in [5.41, 5.74) is 1.06. The van der Waals surface area contributed by atoms with Crippen molar-refractivity contribution in [1.29, 1.82) is 0 Å². The first-order chi connectivity index (χ1) is 13.5. The van der Waals surface area contributed by atoms with Gasteiger partial charge in [0.1, 0.15) is 0 Å². The van der Waals surface area contributed by atoms with Crippen LogP contribution in [0.2, 0.25) is 0 Å². The first-order valence-corrected chi connectivity index (χ1v) is 8.56. The van der Waals surface area contributed by atoms with Crippen molar-refractivity contribution >= 4 is 11.5 Å². The monoisotopic (exact) mass is 416 g/mol. The predicted molar refractivity (Wildman–Crippen MR) is 89.3 cm³/mol. The molecule has 3 aromatic heterocycles. The maximum atomic E-state index is 13.2. The Morgan fingerprint density at radius 1 is 0.966 bits per heavy atom. The molecular formula is C17H14F6N6. The maximum Gasteiger partial charge on any atom is 0.453 e. The van der Waals surface area contributed by atoms with Crippen molar-refractivity contribution in [3.05, 3.63) is 46.0 Å². The molecule has 4 rings (SSSR count). The molecule has 1 aliphatic rings. The number of alkyl halides is 6. The lowest BCUT2D eigenvalue weighted by Crippen LogP contribution is -2.33. The fraction of sp³-hybridized carbons (Fsp3) is 0.412. The molecule has 0 N–H and O–H groups in total. The summed E-state index contributed by atoms with van der Waals surface area (Å²) in [5.74, 6) is -1.02. The highest BCUT2D eigenvalue weighted by molar-refractivity contribution is 5.60. The molecule has 0 radical (unpaired) electrons. The van der Waals surface area contributed by atoms with Crippen LogP contribution in [0.5, 0.6) is 0 Å². The smallest absolute Gasteiger partial charge is 0.350 e. The van der Waals surface area contributed by atoms with Crippen LogP contribution < -0.4 is 4.90 Å². The zero-order chi connectivity index (χ0) is 21.1. The van der Waals surface area contributed by atoms with Crippen LogP contribution in [0.15, 0.2) is 12.3 Å². The lowest BCUT2D eigenvalue weighted by Gasteiger charge is -2.31. The highest BCUT2D eigenvalue weighted by Gasteiger charge is 2.39. The van der Waals surface area contributed by atoms with Gasteiger partial charge in [-0.25, -0.2) is 0 Å². The van der Waals surface area contributed by atoms with Crippen LogP contribution in [0.1, 0.15) is 33.8 Å². The van der Waals surface area contributed by atoms with Gasteiger partial charge in [0, 0.05) is 42.5 Å². The average Bonchev–Trinajstić information content (AvgIpc) is 3.07. The molecule has 0 saturated carbocycles. The number of aromatic nitrogens is 5. The van der Waals surface area contributed by atoms with Gasteiger partial charge in [0.25, 0.3) is 5.82 Å². The Morgan fingerprint density at radius 3 is 2.34 bits per heavy atom. The minimum atomic E-state index is -4.74. The van der Waals surface area contributed by atoms with Gasteiger partial charge in [-0.3, -0.25) is 4.98 Å². The quantitative estimate of drug-likeness (QED) is 0.566. The molecule has 0 bridgehead atoms. The van der Waals surface area contributed by atoms with Gasteiger partial charge in [0.05, 0.1) is 5.56 Å². The molecule has 29 heavy (non-hydrogen) atoms. The van der Waals surface area contributed by atoms with Crippen LogP contribution in [-0.4, -0.2) is 31.3 Å². The number of aryl methyl sites for hydroxylation is 1. The van der Waals surface area contributed by atoms with E-state index in [1.165, 1.54) is 0 Å². The standard InChI is InChI=1S/C17H14F6N6/c1-8-9(2)14(27-29-13(8)25-26-15(29)17(21,22)23)28-4-3-12-10(7-28)5-11(6-24-12)16(18,19)20/h5-6H,3-4,7H2,1-2H3. The summed E-state index contributed by atoms with van der Waals surface area (Å²) < 4.78 is 79.3. The first kappa shape index (κ1) is 19.4.